The number of halogens is 1. The van der Waals surface area contributed by atoms with E-state index in [0.29, 0.717) is 0 Å². The van der Waals surface area contributed by atoms with Crippen LogP contribution in [0.1, 0.15) is 23.6 Å². The molecule has 0 spiro atoms. The lowest BCUT2D eigenvalue weighted by atomic mass is 9.92. The summed E-state index contributed by atoms with van der Waals surface area (Å²) in [6.45, 7) is 4.09. The van der Waals surface area contributed by atoms with Gasteiger partial charge in [0.25, 0.3) is 0 Å². The number of hydrogen-bond donors (Lipinski definition) is 1. The molecule has 1 heterocycles. The zero-order valence-electron chi connectivity index (χ0n) is 17.0. The molecule has 3 aromatic rings. The van der Waals surface area contributed by atoms with Crippen molar-refractivity contribution in [2.24, 2.45) is 0 Å². The van der Waals surface area contributed by atoms with Crippen molar-refractivity contribution in [3.8, 4) is 11.5 Å². The third-order valence-corrected chi connectivity index (χ3v) is 6.34. The smallest absolute Gasteiger partial charge is 0.161 e. The summed E-state index contributed by atoms with van der Waals surface area (Å²) in [6.07, 6.45) is 1.13. The summed E-state index contributed by atoms with van der Waals surface area (Å²) < 4.78 is 12.2. The Morgan fingerprint density at radius 3 is 2.48 bits per heavy atom. The highest BCUT2D eigenvalue weighted by atomic mass is 79.9. The minimum Gasteiger partial charge on any atom is -0.493 e. The van der Waals surface area contributed by atoms with Crippen LogP contribution in [0.2, 0.25) is 0 Å². The maximum Gasteiger partial charge on any atom is 0.161 e. The summed E-state index contributed by atoms with van der Waals surface area (Å²) >= 11 is 3.82. The Hall–Kier alpha value is -2.08. The van der Waals surface area contributed by atoms with Crippen molar-refractivity contribution in [1.82, 2.24) is 10.2 Å². The number of nitrogens with one attached hydrogen (secondary N) is 1. The van der Waals surface area contributed by atoms with E-state index in [2.05, 4.69) is 74.7 Å². The van der Waals surface area contributed by atoms with Gasteiger partial charge < -0.3 is 14.8 Å². The van der Waals surface area contributed by atoms with E-state index in [4.69, 9.17) is 9.47 Å². The highest BCUT2D eigenvalue weighted by molar-refractivity contribution is 9.10. The molecule has 1 aliphatic heterocycles. The molecule has 1 fully saturated rings. The molecule has 4 nitrogen and oxygen atoms in total. The highest BCUT2D eigenvalue weighted by Crippen LogP contribution is 2.42. The Balaban J connectivity index is 1.92. The van der Waals surface area contributed by atoms with Crippen LogP contribution in [-0.2, 0) is 0 Å². The predicted molar refractivity (Wildman–Crippen MR) is 122 cm³/mol. The molecular weight excluding hydrogens is 428 g/mol. The predicted octanol–water partition coefficient (Wildman–Crippen LogP) is 5.00. The van der Waals surface area contributed by atoms with Crippen LogP contribution in [0, 0.1) is 0 Å². The van der Waals surface area contributed by atoms with Gasteiger partial charge in [-0.15, -0.1) is 0 Å². The quantitative estimate of drug-likeness (QED) is 0.587. The summed E-state index contributed by atoms with van der Waals surface area (Å²) in [6, 6.07) is 19.5. The third-order valence-electron chi connectivity index (χ3n) is 5.66. The van der Waals surface area contributed by atoms with Crippen molar-refractivity contribution in [2.45, 2.75) is 12.5 Å². The Morgan fingerprint density at radius 1 is 0.897 bits per heavy atom. The fraction of sp³-hybridized carbons (Fsp3) is 0.333. The van der Waals surface area contributed by atoms with Gasteiger partial charge in [-0.25, -0.2) is 0 Å². The third kappa shape index (κ3) is 4.13. The maximum absolute atomic E-state index is 5.64. The van der Waals surface area contributed by atoms with Crippen LogP contribution in [0.4, 0.5) is 0 Å². The first kappa shape index (κ1) is 20.2. The molecule has 3 aromatic carbocycles. The summed E-state index contributed by atoms with van der Waals surface area (Å²) in [5, 5.41) is 6.08. The van der Waals surface area contributed by atoms with E-state index >= 15 is 0 Å². The van der Waals surface area contributed by atoms with Crippen LogP contribution < -0.4 is 14.8 Å². The Labute approximate surface area is 180 Å². The Morgan fingerprint density at radius 2 is 1.66 bits per heavy atom. The normalized spacial score (nSPS) is 16.4. The maximum atomic E-state index is 5.64. The lowest BCUT2D eigenvalue weighted by molar-refractivity contribution is 0.241. The van der Waals surface area contributed by atoms with Crippen molar-refractivity contribution in [2.75, 3.05) is 40.4 Å². The number of hydrogen-bond acceptors (Lipinski definition) is 4. The van der Waals surface area contributed by atoms with Gasteiger partial charge >= 0.3 is 0 Å². The van der Waals surface area contributed by atoms with Crippen LogP contribution in [-0.4, -0.2) is 45.3 Å². The first-order valence-electron chi connectivity index (χ1n) is 10.1. The van der Waals surface area contributed by atoms with Crippen LogP contribution in [0.3, 0.4) is 0 Å². The summed E-state index contributed by atoms with van der Waals surface area (Å²) in [4.78, 5) is 2.58. The minimum atomic E-state index is 0.121. The standard InChI is InChI=1S/C24H27BrN2O2/c1-28-22-15-20(21(25)16-23(22)29-2)24(27-13-6-11-26-12-14-27)19-10-5-8-17-7-3-4-9-18(17)19/h3-5,7-10,15-16,24,26H,6,11-14H2,1-2H3. The van der Waals surface area contributed by atoms with Gasteiger partial charge in [0.05, 0.1) is 20.3 Å². The molecule has 0 saturated carbocycles. The Bertz CT molecular complexity index is 979. The molecule has 0 amide bonds. The summed E-state index contributed by atoms with van der Waals surface area (Å²) in [5.41, 5.74) is 2.51. The van der Waals surface area contributed by atoms with Gasteiger partial charge in [0.15, 0.2) is 11.5 Å². The fourth-order valence-corrected chi connectivity index (χ4v) is 4.79. The van der Waals surface area contributed by atoms with Crippen molar-refractivity contribution in [3.05, 3.63) is 70.2 Å². The van der Waals surface area contributed by atoms with Gasteiger partial charge in [0.2, 0.25) is 0 Å². The molecule has 1 unspecified atom stereocenters. The molecule has 0 bridgehead atoms. The lowest BCUT2D eigenvalue weighted by Crippen LogP contribution is -2.33. The van der Waals surface area contributed by atoms with E-state index in [1.54, 1.807) is 14.2 Å². The van der Waals surface area contributed by atoms with Crippen molar-refractivity contribution >= 4 is 26.7 Å². The van der Waals surface area contributed by atoms with Crippen molar-refractivity contribution in [3.63, 3.8) is 0 Å². The molecule has 152 valence electrons. The lowest BCUT2D eigenvalue weighted by Gasteiger charge is -2.33. The SMILES string of the molecule is COc1cc(Br)c(C(c2cccc3ccccc23)N2CCCNCC2)cc1OC. The van der Waals surface area contributed by atoms with Crippen LogP contribution in [0.5, 0.6) is 11.5 Å². The molecule has 0 aliphatic carbocycles. The molecule has 0 radical (unpaired) electrons. The van der Waals surface area contributed by atoms with Crippen molar-refractivity contribution < 1.29 is 9.47 Å². The zero-order valence-corrected chi connectivity index (χ0v) is 18.5. The van der Waals surface area contributed by atoms with Crippen molar-refractivity contribution in [1.29, 1.82) is 0 Å². The van der Waals surface area contributed by atoms with Crippen LogP contribution in [0.15, 0.2) is 59.1 Å². The average Bonchev–Trinajstić information content (AvgIpc) is 3.04. The molecule has 0 aromatic heterocycles. The summed E-state index contributed by atoms with van der Waals surface area (Å²) in [5.74, 6) is 1.49. The summed E-state index contributed by atoms with van der Waals surface area (Å²) in [7, 11) is 3.37. The van der Waals surface area contributed by atoms with E-state index in [-0.39, 0.29) is 6.04 Å². The number of ether oxygens (including phenoxy) is 2. The van der Waals surface area contributed by atoms with E-state index in [1.165, 1.54) is 21.9 Å². The van der Waals surface area contributed by atoms with E-state index in [0.717, 1.165) is 48.6 Å². The van der Waals surface area contributed by atoms with Gasteiger partial charge in [-0.3, -0.25) is 4.90 Å². The van der Waals surface area contributed by atoms with Gasteiger partial charge in [-0.2, -0.15) is 0 Å². The van der Waals surface area contributed by atoms with E-state index < -0.39 is 0 Å². The molecule has 5 heteroatoms. The van der Waals surface area contributed by atoms with Crippen LogP contribution >= 0.6 is 15.9 Å². The topological polar surface area (TPSA) is 33.7 Å². The number of benzene rings is 3. The molecule has 1 atom stereocenters. The molecule has 1 N–H and O–H groups in total. The molecular formula is C24H27BrN2O2. The zero-order chi connectivity index (χ0) is 20.2. The van der Waals surface area contributed by atoms with Gasteiger partial charge in [-0.1, -0.05) is 58.4 Å². The molecule has 1 saturated heterocycles. The van der Waals surface area contributed by atoms with Gasteiger partial charge in [-0.05, 0) is 47.0 Å². The minimum absolute atomic E-state index is 0.121. The fourth-order valence-electron chi connectivity index (χ4n) is 4.25. The second kappa shape index (κ2) is 9.16. The Kier molecular flexibility index (Phi) is 6.38. The number of fused-ring (bicyclic) bond motifs is 1. The van der Waals surface area contributed by atoms with E-state index in [1.807, 2.05) is 6.07 Å². The first-order chi connectivity index (χ1) is 14.2. The number of rotatable bonds is 5. The van der Waals surface area contributed by atoms with Gasteiger partial charge in [0.1, 0.15) is 0 Å². The molecule has 29 heavy (non-hydrogen) atoms. The molecule has 1 aliphatic rings. The highest BCUT2D eigenvalue weighted by Gasteiger charge is 2.27. The molecule has 4 rings (SSSR count). The van der Waals surface area contributed by atoms with Gasteiger partial charge in [0, 0.05) is 24.1 Å². The second-order valence-corrected chi connectivity index (χ2v) is 8.19. The number of nitrogens with zero attached hydrogens (tertiary/aromatic N) is 1. The van der Waals surface area contributed by atoms with Crippen LogP contribution in [0.25, 0.3) is 10.8 Å². The second-order valence-electron chi connectivity index (χ2n) is 7.34. The number of methoxy groups -OCH3 is 2. The first-order valence-corrected chi connectivity index (χ1v) is 10.9. The average molecular weight is 455 g/mol. The largest absolute Gasteiger partial charge is 0.493 e. The van der Waals surface area contributed by atoms with E-state index in [9.17, 15) is 0 Å². The monoisotopic (exact) mass is 454 g/mol.